The van der Waals surface area contributed by atoms with Gasteiger partial charge in [-0.15, -0.1) is 6.58 Å². The van der Waals surface area contributed by atoms with Crippen molar-refractivity contribution in [1.29, 1.82) is 5.41 Å². The molecule has 148 valence electrons. The van der Waals surface area contributed by atoms with Crippen molar-refractivity contribution in [3.05, 3.63) is 95.8 Å². The third-order valence-corrected chi connectivity index (χ3v) is 3.25. The van der Waals surface area contributed by atoms with Gasteiger partial charge in [-0.1, -0.05) is 79.9 Å². The smallest absolute Gasteiger partial charge is 0.123 e. The Kier molecular flexibility index (Phi) is 19.7. The Morgan fingerprint density at radius 3 is 1.63 bits per heavy atom. The predicted molar refractivity (Wildman–Crippen MR) is 120 cm³/mol. The first-order chi connectivity index (χ1) is 12.9. The minimum atomic E-state index is -0.171. The zero-order valence-electron chi connectivity index (χ0n) is 17.6. The van der Waals surface area contributed by atoms with Crippen LogP contribution in [0.3, 0.4) is 0 Å². The monoisotopic (exact) mass is 369 g/mol. The van der Waals surface area contributed by atoms with E-state index < -0.39 is 0 Å². The van der Waals surface area contributed by atoms with E-state index in [1.165, 1.54) is 42.3 Å². The number of hydrogen-bond acceptors (Lipinski definition) is 1. The van der Waals surface area contributed by atoms with Crippen molar-refractivity contribution in [2.45, 2.75) is 53.9 Å². The van der Waals surface area contributed by atoms with Gasteiger partial charge in [-0.2, -0.15) is 0 Å². The molecular weight excluding hydrogens is 333 g/mol. The molecule has 2 heteroatoms. The summed E-state index contributed by atoms with van der Waals surface area (Å²) >= 11 is 0. The quantitative estimate of drug-likeness (QED) is 0.419. The van der Waals surface area contributed by atoms with Crippen LogP contribution in [-0.4, -0.2) is 6.21 Å². The molecule has 0 bridgehead atoms. The fourth-order valence-electron chi connectivity index (χ4n) is 1.67. The van der Waals surface area contributed by atoms with Crippen molar-refractivity contribution in [3.8, 4) is 0 Å². The van der Waals surface area contributed by atoms with Crippen molar-refractivity contribution < 1.29 is 4.39 Å². The summed E-state index contributed by atoms with van der Waals surface area (Å²) in [6.07, 6.45) is 10.1. The molecule has 0 aliphatic carbocycles. The van der Waals surface area contributed by atoms with Gasteiger partial charge in [0.15, 0.2) is 0 Å². The van der Waals surface area contributed by atoms with Crippen LogP contribution in [0.2, 0.25) is 0 Å². The number of allylic oxidation sites excluding steroid dienone is 3. The van der Waals surface area contributed by atoms with Crippen LogP contribution < -0.4 is 0 Å². The van der Waals surface area contributed by atoms with Crippen molar-refractivity contribution in [2.24, 2.45) is 0 Å². The Labute approximate surface area is 166 Å². The number of rotatable bonds is 4. The van der Waals surface area contributed by atoms with E-state index in [0.29, 0.717) is 0 Å². The van der Waals surface area contributed by atoms with Crippen molar-refractivity contribution in [2.75, 3.05) is 0 Å². The first kappa shape index (κ1) is 26.7. The maximum absolute atomic E-state index is 12.1. The first-order valence-corrected chi connectivity index (χ1v) is 9.45. The summed E-state index contributed by atoms with van der Waals surface area (Å²) in [5.41, 5.74) is 3.89. The molecule has 0 aliphatic rings. The van der Waals surface area contributed by atoms with Crippen LogP contribution >= 0.6 is 0 Å². The normalized spacial score (nSPS) is 8.96. The Balaban J connectivity index is 0. The van der Waals surface area contributed by atoms with E-state index in [0.717, 1.165) is 12.0 Å². The standard InChI is InChI=1S/C10H14.C7H7F.C4H7N.C4H8/c1-3-4-10-7-5-9(2)6-8-10;1-6-2-4-7(8)5-3-6;1-2-3-4-5;1-3-4-2/h5-8H,3-4H2,1-2H3;2-5H,1H3;2-5H,1H3;3H,1,4H2,2H3/b;;3-2-,5-4?;. The highest BCUT2D eigenvalue weighted by Crippen LogP contribution is 2.04. The number of benzene rings is 2. The lowest BCUT2D eigenvalue weighted by Gasteiger charge is -1.97. The summed E-state index contributed by atoms with van der Waals surface area (Å²) in [7, 11) is 0. The van der Waals surface area contributed by atoms with Crippen LogP contribution in [0.25, 0.3) is 0 Å². The van der Waals surface area contributed by atoms with Gasteiger partial charge in [0.1, 0.15) is 5.82 Å². The third-order valence-electron chi connectivity index (χ3n) is 3.25. The van der Waals surface area contributed by atoms with Gasteiger partial charge in [-0.05, 0) is 57.4 Å². The van der Waals surface area contributed by atoms with Gasteiger partial charge in [-0.25, -0.2) is 4.39 Å². The largest absolute Gasteiger partial charge is 0.309 e. The maximum atomic E-state index is 12.1. The van der Waals surface area contributed by atoms with E-state index in [2.05, 4.69) is 51.6 Å². The lowest BCUT2D eigenvalue weighted by Crippen LogP contribution is -1.81. The Morgan fingerprint density at radius 2 is 1.37 bits per heavy atom. The van der Waals surface area contributed by atoms with Gasteiger partial charge >= 0.3 is 0 Å². The molecule has 0 saturated carbocycles. The van der Waals surface area contributed by atoms with Crippen LogP contribution in [-0.2, 0) is 6.42 Å². The molecule has 27 heavy (non-hydrogen) atoms. The molecule has 0 atom stereocenters. The van der Waals surface area contributed by atoms with Crippen LogP contribution in [0.4, 0.5) is 4.39 Å². The van der Waals surface area contributed by atoms with Gasteiger partial charge in [0, 0.05) is 6.21 Å². The summed E-state index contributed by atoms with van der Waals surface area (Å²) in [5.74, 6) is -0.171. The van der Waals surface area contributed by atoms with Gasteiger partial charge in [0.05, 0.1) is 0 Å². The molecule has 2 rings (SSSR count). The first-order valence-electron chi connectivity index (χ1n) is 9.45. The molecule has 2 aromatic rings. The third kappa shape index (κ3) is 19.7. The van der Waals surface area contributed by atoms with Crippen LogP contribution in [0.5, 0.6) is 0 Å². The van der Waals surface area contributed by atoms with E-state index in [9.17, 15) is 4.39 Å². The highest BCUT2D eigenvalue weighted by molar-refractivity contribution is 5.67. The molecule has 0 heterocycles. The zero-order valence-corrected chi connectivity index (χ0v) is 17.6. The molecule has 1 nitrogen and oxygen atoms in total. The topological polar surface area (TPSA) is 23.9 Å². The number of halogens is 1. The summed E-state index contributed by atoms with van der Waals surface area (Å²) in [5, 5.41) is 6.39. The summed E-state index contributed by atoms with van der Waals surface area (Å²) in [6.45, 7) is 13.7. The summed E-state index contributed by atoms with van der Waals surface area (Å²) in [6, 6.07) is 15.2. The molecule has 0 amide bonds. The minimum Gasteiger partial charge on any atom is -0.309 e. The molecule has 0 aromatic heterocycles. The lowest BCUT2D eigenvalue weighted by atomic mass is 10.1. The highest BCUT2D eigenvalue weighted by atomic mass is 19.1. The SMILES string of the molecule is C/C=C\C=N.C=CCC.CCCc1ccc(C)cc1.Cc1ccc(F)cc1. The molecular formula is C25H36FN. The fourth-order valence-corrected chi connectivity index (χ4v) is 1.67. The molecule has 0 unspecified atom stereocenters. The second-order valence-electron chi connectivity index (χ2n) is 5.92. The minimum absolute atomic E-state index is 0.171. The summed E-state index contributed by atoms with van der Waals surface area (Å²) < 4.78 is 12.1. The number of nitrogens with one attached hydrogen (secondary N) is 1. The van der Waals surface area contributed by atoms with Crippen molar-refractivity contribution in [1.82, 2.24) is 0 Å². The molecule has 0 spiro atoms. The number of hydrogen-bond donors (Lipinski definition) is 1. The van der Waals surface area contributed by atoms with Gasteiger partial charge in [-0.3, -0.25) is 0 Å². The van der Waals surface area contributed by atoms with Crippen LogP contribution in [0.15, 0.2) is 73.3 Å². The second kappa shape index (κ2) is 19.8. The molecule has 0 fully saturated rings. The van der Waals surface area contributed by atoms with Gasteiger partial charge in [0.2, 0.25) is 0 Å². The summed E-state index contributed by atoms with van der Waals surface area (Å²) in [4.78, 5) is 0. The van der Waals surface area contributed by atoms with E-state index in [1.54, 1.807) is 18.2 Å². The molecule has 1 N–H and O–H groups in total. The van der Waals surface area contributed by atoms with Crippen LogP contribution in [0.1, 0.15) is 50.3 Å². The Hall–Kier alpha value is -2.48. The Bertz CT molecular complexity index is 589. The lowest BCUT2D eigenvalue weighted by molar-refractivity contribution is 0.627. The average Bonchev–Trinajstić information content (AvgIpc) is 2.68. The van der Waals surface area contributed by atoms with Crippen molar-refractivity contribution >= 4 is 6.21 Å². The predicted octanol–water partition coefficient (Wildman–Crippen LogP) is 7.88. The molecule has 0 aliphatic heterocycles. The zero-order chi connectivity index (χ0) is 20.9. The average molecular weight is 370 g/mol. The van der Waals surface area contributed by atoms with Gasteiger partial charge in [0.25, 0.3) is 0 Å². The molecule has 2 aromatic carbocycles. The van der Waals surface area contributed by atoms with E-state index in [-0.39, 0.29) is 5.82 Å². The van der Waals surface area contributed by atoms with E-state index >= 15 is 0 Å². The second-order valence-corrected chi connectivity index (χ2v) is 5.92. The van der Waals surface area contributed by atoms with E-state index in [1.807, 2.05) is 26.0 Å². The van der Waals surface area contributed by atoms with E-state index in [4.69, 9.17) is 5.41 Å². The highest BCUT2D eigenvalue weighted by Gasteiger charge is 1.88. The van der Waals surface area contributed by atoms with Crippen LogP contribution in [0, 0.1) is 25.1 Å². The Morgan fingerprint density at radius 1 is 0.926 bits per heavy atom. The maximum Gasteiger partial charge on any atom is 0.123 e. The number of aryl methyl sites for hydroxylation is 3. The molecule has 0 saturated heterocycles. The molecule has 0 radical (unpaired) electrons. The van der Waals surface area contributed by atoms with Gasteiger partial charge < -0.3 is 5.41 Å². The fraction of sp³-hybridized carbons (Fsp3) is 0.320. The van der Waals surface area contributed by atoms with Crippen molar-refractivity contribution in [3.63, 3.8) is 0 Å².